The first-order valence-electron chi connectivity index (χ1n) is 6.33. The molecule has 0 aliphatic carbocycles. The molecule has 0 nitrogen and oxygen atoms in total. The van der Waals surface area contributed by atoms with E-state index < -0.39 is 0 Å². The van der Waals surface area contributed by atoms with Gasteiger partial charge in [-0.25, -0.2) is 0 Å². The molecule has 0 saturated carbocycles. The molecule has 0 aromatic carbocycles. The van der Waals surface area contributed by atoms with E-state index >= 15 is 0 Å². The molecule has 0 radical (unpaired) electrons. The van der Waals surface area contributed by atoms with Crippen LogP contribution in [-0.4, -0.2) is 0 Å². The van der Waals surface area contributed by atoms with Crippen LogP contribution in [0.2, 0.25) is 0 Å². The predicted molar refractivity (Wildman–Crippen MR) is 66.4 cm³/mol. The summed E-state index contributed by atoms with van der Waals surface area (Å²) in [5.41, 5.74) is 0. The molecular formula is C13H32. The third kappa shape index (κ3) is 48.0. The van der Waals surface area contributed by atoms with Crippen LogP contribution in [-0.2, 0) is 0 Å². The van der Waals surface area contributed by atoms with Gasteiger partial charge in [0.25, 0.3) is 0 Å². The van der Waals surface area contributed by atoms with E-state index in [1.165, 1.54) is 44.9 Å². The molecule has 0 aromatic heterocycles. The van der Waals surface area contributed by atoms with Gasteiger partial charge in [-0.2, -0.15) is 0 Å². The first-order chi connectivity index (χ1) is 6.33. The van der Waals surface area contributed by atoms with Crippen molar-refractivity contribution in [3.05, 3.63) is 0 Å². The van der Waals surface area contributed by atoms with Gasteiger partial charge in [0, 0.05) is 0 Å². The summed E-state index contributed by atoms with van der Waals surface area (Å²) in [7, 11) is 0. The number of unbranched alkanes of at least 4 members (excludes halogenated alkanes) is 5. The van der Waals surface area contributed by atoms with Crippen molar-refractivity contribution >= 4 is 0 Å². The fourth-order valence-electron chi connectivity index (χ4n) is 0.854. The van der Waals surface area contributed by atoms with Gasteiger partial charge in [0.05, 0.1) is 0 Å². The van der Waals surface area contributed by atoms with Crippen LogP contribution < -0.4 is 0 Å². The maximum atomic E-state index is 2.26. The third-order valence-corrected chi connectivity index (χ3v) is 1.46. The zero-order chi connectivity index (χ0) is 10.9. The maximum absolute atomic E-state index is 2.26. The SMILES string of the molecule is CC.CCC.CCCCCCCC. The third-order valence-electron chi connectivity index (χ3n) is 1.46. The Balaban J connectivity index is -0.000000169. The van der Waals surface area contributed by atoms with Crippen molar-refractivity contribution < 1.29 is 0 Å². The highest BCUT2D eigenvalue weighted by Gasteiger charge is 1.83. The van der Waals surface area contributed by atoms with Crippen LogP contribution in [0.15, 0.2) is 0 Å². The van der Waals surface area contributed by atoms with Crippen molar-refractivity contribution in [3.8, 4) is 0 Å². The first-order valence-corrected chi connectivity index (χ1v) is 6.33. The lowest BCUT2D eigenvalue weighted by molar-refractivity contribution is 0.624. The van der Waals surface area contributed by atoms with E-state index in [0.29, 0.717) is 0 Å². The Kier molecular flexibility index (Phi) is 42.7. The minimum absolute atomic E-state index is 1.25. The van der Waals surface area contributed by atoms with E-state index in [9.17, 15) is 0 Å². The van der Waals surface area contributed by atoms with Crippen molar-refractivity contribution in [2.24, 2.45) is 0 Å². The summed E-state index contributed by atoms with van der Waals surface area (Å²) in [6.45, 7) is 12.8. The van der Waals surface area contributed by atoms with Crippen molar-refractivity contribution in [3.63, 3.8) is 0 Å². The van der Waals surface area contributed by atoms with E-state index in [1.54, 1.807) is 0 Å². The van der Waals surface area contributed by atoms with E-state index in [4.69, 9.17) is 0 Å². The molecule has 0 bridgehead atoms. The first kappa shape index (κ1) is 18.7. The van der Waals surface area contributed by atoms with Crippen molar-refractivity contribution in [1.29, 1.82) is 0 Å². The lowest BCUT2D eigenvalue weighted by atomic mass is 10.1. The quantitative estimate of drug-likeness (QED) is 0.478. The Morgan fingerprint density at radius 2 is 0.769 bits per heavy atom. The number of hydrogen-bond donors (Lipinski definition) is 0. The molecular weight excluding hydrogens is 156 g/mol. The van der Waals surface area contributed by atoms with Crippen molar-refractivity contribution in [2.45, 2.75) is 86.5 Å². The van der Waals surface area contributed by atoms with Gasteiger partial charge in [0.15, 0.2) is 0 Å². The summed E-state index contributed by atoms with van der Waals surface area (Å²) in [6.07, 6.45) is 9.74. The summed E-state index contributed by atoms with van der Waals surface area (Å²) < 4.78 is 0. The Hall–Kier alpha value is 0. The topological polar surface area (TPSA) is 0 Å². The van der Waals surface area contributed by atoms with Gasteiger partial charge >= 0.3 is 0 Å². The van der Waals surface area contributed by atoms with Gasteiger partial charge in [-0.3, -0.25) is 0 Å². The van der Waals surface area contributed by atoms with Crippen LogP contribution in [0.5, 0.6) is 0 Å². The molecule has 0 fully saturated rings. The number of rotatable bonds is 5. The average molecular weight is 188 g/mol. The van der Waals surface area contributed by atoms with Crippen LogP contribution in [0.4, 0.5) is 0 Å². The second kappa shape index (κ2) is 29.6. The van der Waals surface area contributed by atoms with Gasteiger partial charge in [0.2, 0.25) is 0 Å². The Bertz CT molecular complexity index is 33.3. The highest BCUT2D eigenvalue weighted by atomic mass is 13.9. The van der Waals surface area contributed by atoms with Crippen molar-refractivity contribution in [1.82, 2.24) is 0 Å². The van der Waals surface area contributed by atoms with Crippen LogP contribution in [0.3, 0.4) is 0 Å². The van der Waals surface area contributed by atoms with Gasteiger partial charge in [0.1, 0.15) is 0 Å². The Labute approximate surface area is 87.1 Å². The van der Waals surface area contributed by atoms with E-state index in [1.807, 2.05) is 13.8 Å². The fourth-order valence-corrected chi connectivity index (χ4v) is 0.854. The highest BCUT2D eigenvalue weighted by Crippen LogP contribution is 2.03. The van der Waals surface area contributed by atoms with Gasteiger partial charge in [-0.1, -0.05) is 86.5 Å². The largest absolute Gasteiger partial charge is 0.0683 e. The fraction of sp³-hybridized carbons (Fsp3) is 1.00. The smallest absolute Gasteiger partial charge is 0.0533 e. The molecule has 0 amide bonds. The lowest BCUT2D eigenvalue weighted by Gasteiger charge is -1.93. The summed E-state index contributed by atoms with van der Waals surface area (Å²) in [4.78, 5) is 0. The van der Waals surface area contributed by atoms with Gasteiger partial charge in [-0.05, 0) is 0 Å². The molecule has 0 N–H and O–H groups in total. The molecule has 0 heteroatoms. The van der Waals surface area contributed by atoms with E-state index in [2.05, 4.69) is 27.7 Å². The monoisotopic (exact) mass is 188 g/mol. The second-order valence-corrected chi connectivity index (χ2v) is 3.12. The molecule has 0 heterocycles. The molecule has 0 saturated heterocycles. The molecule has 0 atom stereocenters. The Morgan fingerprint density at radius 3 is 0.923 bits per heavy atom. The summed E-state index contributed by atoms with van der Waals surface area (Å²) in [5, 5.41) is 0. The molecule has 13 heavy (non-hydrogen) atoms. The zero-order valence-electron chi connectivity index (χ0n) is 10.9. The van der Waals surface area contributed by atoms with Gasteiger partial charge in [-0.15, -0.1) is 0 Å². The highest BCUT2D eigenvalue weighted by molar-refractivity contribution is 4.39. The second-order valence-electron chi connectivity index (χ2n) is 3.12. The van der Waals surface area contributed by atoms with Crippen LogP contribution in [0, 0.1) is 0 Å². The minimum atomic E-state index is 1.25. The normalized spacial score (nSPS) is 7.85. The zero-order valence-corrected chi connectivity index (χ0v) is 10.9. The van der Waals surface area contributed by atoms with Crippen LogP contribution in [0.25, 0.3) is 0 Å². The van der Waals surface area contributed by atoms with Crippen LogP contribution in [0.1, 0.15) is 86.5 Å². The molecule has 0 rings (SSSR count). The summed E-state index contributed by atoms with van der Waals surface area (Å²) in [5.74, 6) is 0. The average Bonchev–Trinajstić information content (AvgIpc) is 2.17. The predicted octanol–water partition coefficient (Wildman–Crippen LogP) is 5.81. The molecule has 84 valence electrons. The standard InChI is InChI=1S/C8H18.C3H8.C2H6/c1-3-5-7-8-6-4-2;1-3-2;1-2/h3-8H2,1-2H3;3H2,1-2H3;1-2H3. The molecule has 0 aliphatic heterocycles. The van der Waals surface area contributed by atoms with Crippen LogP contribution >= 0.6 is 0 Å². The summed E-state index contributed by atoms with van der Waals surface area (Å²) >= 11 is 0. The van der Waals surface area contributed by atoms with Gasteiger partial charge < -0.3 is 0 Å². The Morgan fingerprint density at radius 1 is 0.538 bits per heavy atom. The lowest BCUT2D eigenvalue weighted by Crippen LogP contribution is -1.73. The molecule has 0 spiro atoms. The molecule has 0 aliphatic rings. The van der Waals surface area contributed by atoms with Crippen molar-refractivity contribution in [2.75, 3.05) is 0 Å². The van der Waals surface area contributed by atoms with E-state index in [-0.39, 0.29) is 0 Å². The summed E-state index contributed by atoms with van der Waals surface area (Å²) in [6, 6.07) is 0. The number of hydrogen-bond acceptors (Lipinski definition) is 0. The van der Waals surface area contributed by atoms with E-state index in [0.717, 1.165) is 0 Å². The molecule has 0 unspecified atom stereocenters. The maximum Gasteiger partial charge on any atom is -0.0533 e. The molecule has 0 aromatic rings. The minimum Gasteiger partial charge on any atom is -0.0683 e.